The van der Waals surface area contributed by atoms with Crippen molar-refractivity contribution >= 4 is 22.5 Å². The Kier molecular flexibility index (Phi) is 6.13. The van der Waals surface area contributed by atoms with Crippen LogP contribution in [0.4, 0.5) is 62.6 Å². The highest BCUT2D eigenvalue weighted by atomic mass is 32.1. The molecule has 1 aromatic rings. The first-order chi connectivity index (χ1) is 11.9. The van der Waals surface area contributed by atoms with Gasteiger partial charge < -0.3 is 5.32 Å². The van der Waals surface area contributed by atoms with E-state index in [2.05, 4.69) is 10.2 Å². The van der Waals surface area contributed by atoms with Gasteiger partial charge in [0.1, 0.15) is 0 Å². The zero-order valence-electron chi connectivity index (χ0n) is 11.9. The Hall–Kier alpha value is -2.01. The number of anilines is 1. The Labute approximate surface area is 143 Å². The summed E-state index contributed by atoms with van der Waals surface area (Å²) >= 11 is -0.500. The molecule has 2 amide bonds. The number of halogens is 12. The van der Waals surface area contributed by atoms with Crippen molar-refractivity contribution in [3.05, 3.63) is 5.01 Å². The number of nitrogens with one attached hydrogen (secondary N) is 2. The highest BCUT2D eigenvalue weighted by Crippen LogP contribution is 2.48. The number of nitrogens with zero attached hydrogens (tertiary/aromatic N) is 2. The van der Waals surface area contributed by atoms with Gasteiger partial charge in [-0.1, -0.05) is 11.3 Å². The maximum Gasteiger partial charge on any atom is 0.445 e. The van der Waals surface area contributed by atoms with E-state index in [1.54, 1.807) is 0 Å². The van der Waals surface area contributed by atoms with Gasteiger partial charge in [-0.3, -0.25) is 5.32 Å². The third-order valence-corrected chi connectivity index (χ3v) is 3.61. The molecule has 27 heavy (non-hydrogen) atoms. The Morgan fingerprint density at radius 1 is 0.889 bits per heavy atom. The number of aromatic nitrogens is 2. The predicted molar refractivity (Wildman–Crippen MR) is 62.8 cm³/mol. The number of urea groups is 1. The molecule has 0 saturated heterocycles. The van der Waals surface area contributed by atoms with Crippen molar-refractivity contribution in [2.24, 2.45) is 0 Å². The van der Waals surface area contributed by atoms with Gasteiger partial charge in [-0.25, -0.2) is 18.0 Å². The fraction of sp³-hybridized carbons (Fsp3) is 0.667. The highest BCUT2D eigenvalue weighted by molar-refractivity contribution is 7.15. The average Bonchev–Trinajstić information content (AvgIpc) is 2.89. The molecule has 0 aliphatic heterocycles. The zero-order valence-corrected chi connectivity index (χ0v) is 12.7. The topological polar surface area (TPSA) is 66.9 Å². The first-order valence-corrected chi connectivity index (χ1v) is 6.80. The van der Waals surface area contributed by atoms with Crippen LogP contribution >= 0.6 is 11.3 Å². The van der Waals surface area contributed by atoms with Gasteiger partial charge in [0.05, 0.1) is 0 Å². The zero-order chi connectivity index (χ0) is 21.4. The molecular weight excluding hydrogens is 440 g/mol. The lowest BCUT2D eigenvalue weighted by Crippen LogP contribution is -2.74. The van der Waals surface area contributed by atoms with Crippen molar-refractivity contribution in [3.63, 3.8) is 0 Å². The molecule has 0 saturated carbocycles. The third-order valence-electron chi connectivity index (χ3n) is 2.73. The molecule has 0 aliphatic rings. The molecule has 0 aliphatic carbocycles. The van der Waals surface area contributed by atoms with Crippen molar-refractivity contribution in [2.45, 2.75) is 36.7 Å². The SMILES string of the molecule is O=C(Nc1nnc(C(F)(F)F)s1)NC(C(F)C(F)F)(C(F)(F)F)C(F)(F)F. The van der Waals surface area contributed by atoms with Crippen LogP contribution in [0.5, 0.6) is 0 Å². The monoisotopic (exact) mass is 444 g/mol. The smallest absolute Gasteiger partial charge is 0.313 e. The number of carbonyl (C=O) groups excluding carboxylic acids is 1. The van der Waals surface area contributed by atoms with Crippen molar-refractivity contribution in [3.8, 4) is 0 Å². The lowest BCUT2D eigenvalue weighted by atomic mass is 9.91. The molecule has 1 heterocycles. The van der Waals surface area contributed by atoms with Crippen LogP contribution in [0.3, 0.4) is 0 Å². The number of rotatable bonds is 4. The molecule has 0 fully saturated rings. The largest absolute Gasteiger partial charge is 0.445 e. The van der Waals surface area contributed by atoms with Gasteiger partial charge in [-0.2, -0.15) is 39.5 Å². The molecule has 156 valence electrons. The summed E-state index contributed by atoms with van der Waals surface area (Å²) in [7, 11) is 0. The number of hydrogen-bond acceptors (Lipinski definition) is 4. The summed E-state index contributed by atoms with van der Waals surface area (Å²) in [5, 5.41) is 3.13. The predicted octanol–water partition coefficient (Wildman–Crippen LogP) is 4.14. The van der Waals surface area contributed by atoms with Gasteiger partial charge in [0.2, 0.25) is 16.3 Å². The Balaban J connectivity index is 3.22. The molecule has 0 bridgehead atoms. The molecule has 0 aromatic carbocycles. The molecule has 1 unspecified atom stereocenters. The van der Waals surface area contributed by atoms with Gasteiger partial charge in [-0.15, -0.1) is 10.2 Å². The maximum atomic E-state index is 13.3. The van der Waals surface area contributed by atoms with Crippen molar-refractivity contribution in [2.75, 3.05) is 5.32 Å². The number of hydrogen-bond donors (Lipinski definition) is 2. The quantitative estimate of drug-likeness (QED) is 0.687. The number of alkyl halides is 12. The summed E-state index contributed by atoms with van der Waals surface area (Å²) in [6, 6.07) is -2.60. The second-order valence-corrected chi connectivity index (χ2v) is 5.51. The van der Waals surface area contributed by atoms with E-state index in [4.69, 9.17) is 0 Å². The molecule has 2 N–H and O–H groups in total. The number of amides is 2. The second kappa shape index (κ2) is 7.19. The summed E-state index contributed by atoms with van der Waals surface area (Å²) in [5.41, 5.74) is -6.05. The number of carbonyl (C=O) groups is 1. The van der Waals surface area contributed by atoms with Gasteiger partial charge in [0, 0.05) is 0 Å². The summed E-state index contributed by atoms with van der Waals surface area (Å²) in [5.74, 6) is 0. The first kappa shape index (κ1) is 23.0. The standard InChI is InChI=1S/C9H4F12N4OS/c10-1(2(11)12)6(8(16,17)18,9(19,20)21)23-4(26)22-5-25-24-3(27-5)7(13,14)15/h1-2H,(H2,22,23,25,26). The highest BCUT2D eigenvalue weighted by Gasteiger charge is 2.78. The van der Waals surface area contributed by atoms with Crippen molar-refractivity contribution < 1.29 is 57.5 Å². The van der Waals surface area contributed by atoms with Crippen LogP contribution in [0.1, 0.15) is 5.01 Å². The van der Waals surface area contributed by atoms with Gasteiger partial charge >= 0.3 is 24.6 Å². The van der Waals surface area contributed by atoms with Gasteiger partial charge in [0.15, 0.2) is 0 Å². The first-order valence-electron chi connectivity index (χ1n) is 5.99. The van der Waals surface area contributed by atoms with Crippen LogP contribution < -0.4 is 10.6 Å². The van der Waals surface area contributed by atoms with Crippen LogP contribution in [-0.4, -0.2) is 46.7 Å². The second-order valence-electron chi connectivity index (χ2n) is 4.53. The van der Waals surface area contributed by atoms with Gasteiger partial charge in [0.25, 0.3) is 12.0 Å². The van der Waals surface area contributed by atoms with E-state index < -0.39 is 64.2 Å². The molecule has 0 radical (unpaired) electrons. The van der Waals surface area contributed by atoms with Crippen LogP contribution in [-0.2, 0) is 6.18 Å². The van der Waals surface area contributed by atoms with E-state index in [-0.39, 0.29) is 5.32 Å². The van der Waals surface area contributed by atoms with Crippen LogP contribution in [0, 0.1) is 0 Å². The van der Waals surface area contributed by atoms with E-state index in [1.165, 1.54) is 0 Å². The summed E-state index contributed by atoms with van der Waals surface area (Å²) in [6.45, 7) is 0. The van der Waals surface area contributed by atoms with Gasteiger partial charge in [-0.05, 0) is 0 Å². The molecule has 1 atom stereocenters. The van der Waals surface area contributed by atoms with Crippen molar-refractivity contribution in [1.82, 2.24) is 15.5 Å². The molecule has 1 rings (SSSR count). The van der Waals surface area contributed by atoms with Crippen LogP contribution in [0.2, 0.25) is 0 Å². The molecule has 5 nitrogen and oxygen atoms in total. The van der Waals surface area contributed by atoms with E-state index in [0.29, 0.717) is 0 Å². The van der Waals surface area contributed by atoms with Crippen LogP contribution in [0.15, 0.2) is 0 Å². The average molecular weight is 444 g/mol. The van der Waals surface area contributed by atoms with E-state index in [0.717, 1.165) is 5.32 Å². The van der Waals surface area contributed by atoms with E-state index >= 15 is 0 Å². The summed E-state index contributed by atoms with van der Waals surface area (Å²) < 4.78 is 152. The third kappa shape index (κ3) is 4.64. The minimum Gasteiger partial charge on any atom is -0.313 e. The lowest BCUT2D eigenvalue weighted by molar-refractivity contribution is -0.327. The van der Waals surface area contributed by atoms with Crippen LogP contribution in [0.25, 0.3) is 0 Å². The molecule has 1 aromatic heterocycles. The lowest BCUT2D eigenvalue weighted by Gasteiger charge is -2.39. The fourth-order valence-corrected chi connectivity index (χ4v) is 2.17. The molecule has 0 spiro atoms. The van der Waals surface area contributed by atoms with Crippen molar-refractivity contribution in [1.29, 1.82) is 0 Å². The normalized spacial score (nSPS) is 15.0. The van der Waals surface area contributed by atoms with E-state index in [1.807, 2.05) is 0 Å². The van der Waals surface area contributed by atoms with E-state index in [9.17, 15) is 57.5 Å². The Morgan fingerprint density at radius 3 is 1.70 bits per heavy atom. The fourth-order valence-electron chi connectivity index (χ4n) is 1.57. The minimum atomic E-state index is -6.79. The minimum absolute atomic E-state index is 0.00939. The Bertz CT molecular complexity index is 651. The molecular formula is C9H4F12N4OS. The summed E-state index contributed by atoms with van der Waals surface area (Å²) in [6.07, 6.45) is -28.5. The Morgan fingerprint density at radius 2 is 1.37 bits per heavy atom. The summed E-state index contributed by atoms with van der Waals surface area (Å²) in [4.78, 5) is 11.3. The molecule has 18 heteroatoms. The maximum absolute atomic E-state index is 13.3.